The van der Waals surface area contributed by atoms with Gasteiger partial charge in [0, 0.05) is 9.89 Å². The van der Waals surface area contributed by atoms with E-state index in [4.69, 9.17) is 0 Å². The Labute approximate surface area is 117 Å². The van der Waals surface area contributed by atoms with Crippen LogP contribution in [0, 0.1) is 0 Å². The fourth-order valence-electron chi connectivity index (χ4n) is 3.44. The van der Waals surface area contributed by atoms with Crippen LogP contribution in [-0.4, -0.2) is 0 Å². The Kier molecular flexibility index (Phi) is 2.82. The van der Waals surface area contributed by atoms with E-state index in [0.717, 1.165) is 12.8 Å². The molecular formula is C17H17Br. The zero-order valence-corrected chi connectivity index (χ0v) is 12.4. The number of fused-ring (bicyclic) bond motifs is 3. The fourth-order valence-corrected chi connectivity index (χ4v) is 3.80. The zero-order chi connectivity index (χ0) is 12.8. The summed E-state index contributed by atoms with van der Waals surface area (Å²) < 4.78 is 1.18. The van der Waals surface area contributed by atoms with Crippen molar-refractivity contribution in [3.05, 3.63) is 58.1 Å². The molecule has 0 amide bonds. The summed E-state index contributed by atoms with van der Waals surface area (Å²) in [5, 5.41) is 0. The molecule has 1 aliphatic carbocycles. The maximum absolute atomic E-state index is 3.62. The molecule has 1 aliphatic rings. The summed E-state index contributed by atoms with van der Waals surface area (Å²) in [5.74, 6) is 0. The first-order valence-corrected chi connectivity index (χ1v) is 7.42. The number of halogens is 1. The summed E-state index contributed by atoms with van der Waals surface area (Å²) in [6, 6.07) is 15.6. The monoisotopic (exact) mass is 300 g/mol. The Balaban J connectivity index is 2.38. The molecule has 0 bridgehead atoms. The van der Waals surface area contributed by atoms with Crippen LogP contribution in [-0.2, 0) is 5.41 Å². The van der Waals surface area contributed by atoms with Gasteiger partial charge in [0.2, 0.25) is 0 Å². The smallest absolute Gasteiger partial charge is 0.0210 e. The predicted octanol–water partition coefficient (Wildman–Crippen LogP) is 5.54. The van der Waals surface area contributed by atoms with Gasteiger partial charge in [-0.05, 0) is 47.2 Å². The molecule has 18 heavy (non-hydrogen) atoms. The highest BCUT2D eigenvalue weighted by molar-refractivity contribution is 9.10. The minimum absolute atomic E-state index is 0.204. The van der Waals surface area contributed by atoms with Crippen LogP contribution in [0.25, 0.3) is 11.1 Å². The maximum atomic E-state index is 3.62. The summed E-state index contributed by atoms with van der Waals surface area (Å²) >= 11 is 3.62. The van der Waals surface area contributed by atoms with E-state index in [1.165, 1.54) is 26.7 Å². The van der Waals surface area contributed by atoms with Gasteiger partial charge in [0.15, 0.2) is 0 Å². The minimum atomic E-state index is 0.204. The van der Waals surface area contributed by atoms with E-state index in [1.54, 1.807) is 0 Å². The average molecular weight is 301 g/mol. The van der Waals surface area contributed by atoms with Crippen molar-refractivity contribution in [2.75, 3.05) is 0 Å². The Hall–Kier alpha value is -1.08. The lowest BCUT2D eigenvalue weighted by atomic mass is 9.74. The third kappa shape index (κ3) is 1.43. The second kappa shape index (κ2) is 4.24. The van der Waals surface area contributed by atoms with Crippen LogP contribution in [0.1, 0.15) is 37.8 Å². The van der Waals surface area contributed by atoms with Crippen molar-refractivity contribution in [1.29, 1.82) is 0 Å². The van der Waals surface area contributed by atoms with Gasteiger partial charge in [-0.3, -0.25) is 0 Å². The summed E-state index contributed by atoms with van der Waals surface area (Å²) in [5.41, 5.74) is 6.03. The van der Waals surface area contributed by atoms with Crippen molar-refractivity contribution < 1.29 is 0 Å². The van der Waals surface area contributed by atoms with E-state index < -0.39 is 0 Å². The molecule has 92 valence electrons. The zero-order valence-electron chi connectivity index (χ0n) is 10.8. The standard InChI is InChI=1S/C17H17Br/c1-3-17(4-2)15-8-6-5-7-13(15)14-10-9-12(18)11-16(14)17/h5-11H,3-4H2,1-2H3. The van der Waals surface area contributed by atoms with Crippen molar-refractivity contribution in [1.82, 2.24) is 0 Å². The van der Waals surface area contributed by atoms with Crippen LogP contribution in [0.15, 0.2) is 46.9 Å². The molecule has 0 atom stereocenters. The molecule has 0 spiro atoms. The van der Waals surface area contributed by atoms with Gasteiger partial charge in [0.25, 0.3) is 0 Å². The third-order valence-corrected chi connectivity index (χ3v) is 4.93. The highest BCUT2D eigenvalue weighted by Gasteiger charge is 2.40. The lowest BCUT2D eigenvalue weighted by molar-refractivity contribution is 0.490. The normalized spacial score (nSPS) is 15.3. The summed E-state index contributed by atoms with van der Waals surface area (Å²) in [4.78, 5) is 0. The molecule has 0 nitrogen and oxygen atoms in total. The van der Waals surface area contributed by atoms with Crippen LogP contribution in [0.5, 0.6) is 0 Å². The van der Waals surface area contributed by atoms with Gasteiger partial charge in [0.05, 0.1) is 0 Å². The van der Waals surface area contributed by atoms with Crippen LogP contribution in [0.3, 0.4) is 0 Å². The number of hydrogen-bond donors (Lipinski definition) is 0. The Morgan fingerprint density at radius 2 is 1.56 bits per heavy atom. The average Bonchev–Trinajstić information content (AvgIpc) is 2.68. The Morgan fingerprint density at radius 1 is 0.889 bits per heavy atom. The molecular weight excluding hydrogens is 284 g/mol. The molecule has 0 saturated heterocycles. The van der Waals surface area contributed by atoms with Gasteiger partial charge in [0.1, 0.15) is 0 Å². The molecule has 3 rings (SSSR count). The highest BCUT2D eigenvalue weighted by Crippen LogP contribution is 2.52. The van der Waals surface area contributed by atoms with Crippen molar-refractivity contribution in [2.45, 2.75) is 32.1 Å². The van der Waals surface area contributed by atoms with E-state index in [0.29, 0.717) is 0 Å². The molecule has 0 unspecified atom stereocenters. The first-order chi connectivity index (χ1) is 8.73. The second-order valence-electron chi connectivity index (χ2n) is 5.02. The van der Waals surface area contributed by atoms with Gasteiger partial charge in [-0.15, -0.1) is 0 Å². The Morgan fingerprint density at radius 3 is 2.28 bits per heavy atom. The largest absolute Gasteiger partial charge is 0.0642 e. The van der Waals surface area contributed by atoms with E-state index in [2.05, 4.69) is 72.2 Å². The lowest BCUT2D eigenvalue weighted by Crippen LogP contribution is -2.22. The number of hydrogen-bond acceptors (Lipinski definition) is 0. The summed E-state index contributed by atoms with van der Waals surface area (Å²) in [6.07, 6.45) is 2.31. The molecule has 0 fully saturated rings. The minimum Gasteiger partial charge on any atom is -0.0642 e. The van der Waals surface area contributed by atoms with Gasteiger partial charge in [-0.1, -0.05) is 60.1 Å². The molecule has 0 radical (unpaired) electrons. The van der Waals surface area contributed by atoms with Crippen molar-refractivity contribution in [3.63, 3.8) is 0 Å². The van der Waals surface area contributed by atoms with Crippen LogP contribution in [0.4, 0.5) is 0 Å². The SMILES string of the molecule is CCC1(CC)c2ccccc2-c2ccc(Br)cc21. The molecule has 2 aromatic rings. The molecule has 1 heteroatoms. The van der Waals surface area contributed by atoms with Crippen molar-refractivity contribution >= 4 is 15.9 Å². The van der Waals surface area contributed by atoms with Crippen LogP contribution >= 0.6 is 15.9 Å². The molecule has 0 heterocycles. The van der Waals surface area contributed by atoms with Crippen LogP contribution in [0.2, 0.25) is 0 Å². The molecule has 0 aliphatic heterocycles. The van der Waals surface area contributed by atoms with Gasteiger partial charge in [-0.25, -0.2) is 0 Å². The number of benzene rings is 2. The lowest BCUT2D eigenvalue weighted by Gasteiger charge is -2.29. The van der Waals surface area contributed by atoms with Gasteiger partial charge in [-0.2, -0.15) is 0 Å². The van der Waals surface area contributed by atoms with Gasteiger partial charge >= 0.3 is 0 Å². The quantitative estimate of drug-likeness (QED) is 0.683. The first-order valence-electron chi connectivity index (χ1n) is 6.63. The van der Waals surface area contributed by atoms with Gasteiger partial charge < -0.3 is 0 Å². The molecule has 0 aromatic heterocycles. The Bertz CT molecular complexity index is 594. The highest BCUT2D eigenvalue weighted by atomic mass is 79.9. The summed E-state index contributed by atoms with van der Waals surface area (Å²) in [6.45, 7) is 4.60. The van der Waals surface area contributed by atoms with E-state index >= 15 is 0 Å². The third-order valence-electron chi connectivity index (χ3n) is 4.44. The van der Waals surface area contributed by atoms with E-state index in [9.17, 15) is 0 Å². The molecule has 2 aromatic carbocycles. The maximum Gasteiger partial charge on any atom is 0.0210 e. The molecule has 0 saturated carbocycles. The number of rotatable bonds is 2. The molecule has 0 N–H and O–H groups in total. The summed E-state index contributed by atoms with van der Waals surface area (Å²) in [7, 11) is 0. The first kappa shape index (κ1) is 12.0. The fraction of sp³-hybridized carbons (Fsp3) is 0.294. The van der Waals surface area contributed by atoms with Crippen molar-refractivity contribution in [3.8, 4) is 11.1 Å². The van der Waals surface area contributed by atoms with E-state index in [-0.39, 0.29) is 5.41 Å². The topological polar surface area (TPSA) is 0 Å². The van der Waals surface area contributed by atoms with Crippen LogP contribution < -0.4 is 0 Å². The van der Waals surface area contributed by atoms with E-state index in [1.807, 2.05) is 0 Å². The second-order valence-corrected chi connectivity index (χ2v) is 5.94. The van der Waals surface area contributed by atoms with Crippen molar-refractivity contribution in [2.24, 2.45) is 0 Å². The predicted molar refractivity (Wildman–Crippen MR) is 80.9 cm³/mol.